The van der Waals surface area contributed by atoms with Crippen LogP contribution in [0.4, 0.5) is 5.82 Å². The van der Waals surface area contributed by atoms with E-state index in [9.17, 15) is 4.79 Å². The van der Waals surface area contributed by atoms with E-state index < -0.39 is 5.97 Å². The number of hydrogen-bond acceptors (Lipinski definition) is 6. The lowest BCUT2D eigenvalue weighted by molar-refractivity contribution is -0.134. The summed E-state index contributed by atoms with van der Waals surface area (Å²) in [5, 5.41) is 11.9. The van der Waals surface area contributed by atoms with Gasteiger partial charge in [0, 0.05) is 0 Å². The van der Waals surface area contributed by atoms with Crippen LogP contribution in [0.25, 0.3) is 10.2 Å². The van der Waals surface area contributed by atoms with E-state index >= 15 is 0 Å². The Morgan fingerprint density at radius 3 is 3.21 bits per heavy atom. The van der Waals surface area contributed by atoms with Crippen molar-refractivity contribution < 1.29 is 9.90 Å². The number of carboxylic acid groups (broad SMARTS) is 1. The molecule has 0 atom stereocenters. The first-order chi connectivity index (χ1) is 6.77. The quantitative estimate of drug-likeness (QED) is 0.770. The fourth-order valence-electron chi connectivity index (χ4n) is 0.998. The molecular formula is C7H6N4O2S. The standard InChI is InChI=1S/C7H6N4O2S/c12-5(13)2-8-6-4-1-11-14-7(4)10-3-9-6/h1,3H,2H2,(H,12,13)(H,8,9,10). The van der Waals surface area contributed by atoms with E-state index in [2.05, 4.69) is 19.7 Å². The molecule has 0 aliphatic rings. The second-order valence-corrected chi connectivity index (χ2v) is 3.29. The molecule has 0 bridgehead atoms. The molecule has 72 valence electrons. The molecule has 7 heteroatoms. The molecule has 0 saturated heterocycles. The molecular weight excluding hydrogens is 204 g/mol. The van der Waals surface area contributed by atoms with Crippen molar-refractivity contribution >= 4 is 33.5 Å². The number of aromatic nitrogens is 3. The van der Waals surface area contributed by atoms with Gasteiger partial charge in [-0.05, 0) is 11.5 Å². The van der Waals surface area contributed by atoms with Crippen LogP contribution in [0, 0.1) is 0 Å². The zero-order valence-corrected chi connectivity index (χ0v) is 7.78. The number of nitrogens with one attached hydrogen (secondary N) is 1. The lowest BCUT2D eigenvalue weighted by Crippen LogP contribution is -2.13. The van der Waals surface area contributed by atoms with E-state index in [4.69, 9.17) is 5.11 Å². The Morgan fingerprint density at radius 1 is 1.57 bits per heavy atom. The van der Waals surface area contributed by atoms with Crippen LogP contribution in [0.5, 0.6) is 0 Å². The topological polar surface area (TPSA) is 88.0 Å². The number of fused-ring (bicyclic) bond motifs is 1. The van der Waals surface area contributed by atoms with E-state index in [1.807, 2.05) is 0 Å². The van der Waals surface area contributed by atoms with Crippen LogP contribution >= 0.6 is 11.5 Å². The summed E-state index contributed by atoms with van der Waals surface area (Å²) >= 11 is 1.25. The Balaban J connectivity index is 2.32. The summed E-state index contributed by atoms with van der Waals surface area (Å²) in [7, 11) is 0. The monoisotopic (exact) mass is 210 g/mol. The minimum Gasteiger partial charge on any atom is -0.480 e. The zero-order chi connectivity index (χ0) is 9.97. The fourth-order valence-corrected chi connectivity index (χ4v) is 1.60. The van der Waals surface area contributed by atoms with E-state index in [1.54, 1.807) is 6.20 Å². The van der Waals surface area contributed by atoms with Crippen LogP contribution < -0.4 is 5.32 Å². The van der Waals surface area contributed by atoms with Gasteiger partial charge in [-0.15, -0.1) is 0 Å². The molecule has 0 spiro atoms. The highest BCUT2D eigenvalue weighted by molar-refractivity contribution is 7.12. The minimum atomic E-state index is -0.931. The number of carbonyl (C=O) groups is 1. The molecule has 0 aliphatic carbocycles. The number of hydrogen-bond donors (Lipinski definition) is 2. The number of aliphatic carboxylic acids is 1. The predicted octanol–water partition coefficient (Wildman–Crippen LogP) is 0.583. The Labute approximate surface area is 82.8 Å². The van der Waals surface area contributed by atoms with Gasteiger partial charge in [0.25, 0.3) is 0 Å². The molecule has 2 heterocycles. The lowest BCUT2D eigenvalue weighted by Gasteiger charge is -2.01. The molecule has 0 aromatic carbocycles. The maximum atomic E-state index is 10.3. The van der Waals surface area contributed by atoms with Crippen LogP contribution in [0.3, 0.4) is 0 Å². The molecule has 0 aliphatic heterocycles. The fraction of sp³-hybridized carbons (Fsp3) is 0.143. The summed E-state index contributed by atoms with van der Waals surface area (Å²) in [6.45, 7) is -0.165. The number of carboxylic acids is 1. The molecule has 0 unspecified atom stereocenters. The van der Waals surface area contributed by atoms with Gasteiger partial charge in [-0.25, -0.2) is 9.97 Å². The molecule has 0 saturated carbocycles. The lowest BCUT2D eigenvalue weighted by atomic mass is 10.4. The largest absolute Gasteiger partial charge is 0.480 e. The van der Waals surface area contributed by atoms with E-state index in [0.29, 0.717) is 5.82 Å². The second-order valence-electron chi connectivity index (χ2n) is 2.51. The van der Waals surface area contributed by atoms with Crippen molar-refractivity contribution in [1.29, 1.82) is 0 Å². The van der Waals surface area contributed by atoms with Crippen molar-refractivity contribution in [2.45, 2.75) is 0 Å². The molecule has 2 rings (SSSR count). The highest BCUT2D eigenvalue weighted by Gasteiger charge is 2.05. The molecule has 2 aromatic heterocycles. The minimum absolute atomic E-state index is 0.165. The van der Waals surface area contributed by atoms with Gasteiger partial charge in [0.15, 0.2) is 0 Å². The summed E-state index contributed by atoms with van der Waals surface area (Å²) in [4.78, 5) is 19.0. The number of anilines is 1. The first kappa shape index (κ1) is 8.82. The molecule has 0 amide bonds. The summed E-state index contributed by atoms with van der Waals surface area (Å²) in [6, 6.07) is 0. The third-order valence-corrected chi connectivity index (χ3v) is 2.28. The van der Waals surface area contributed by atoms with Gasteiger partial charge in [0.2, 0.25) is 0 Å². The van der Waals surface area contributed by atoms with Crippen molar-refractivity contribution in [2.75, 3.05) is 11.9 Å². The normalized spacial score (nSPS) is 10.3. The van der Waals surface area contributed by atoms with Gasteiger partial charge < -0.3 is 10.4 Å². The third kappa shape index (κ3) is 1.62. The van der Waals surface area contributed by atoms with Crippen molar-refractivity contribution in [1.82, 2.24) is 14.3 Å². The second kappa shape index (κ2) is 3.54. The van der Waals surface area contributed by atoms with Crippen LogP contribution in [0.15, 0.2) is 12.5 Å². The maximum absolute atomic E-state index is 10.3. The molecule has 6 nitrogen and oxygen atoms in total. The van der Waals surface area contributed by atoms with Crippen LogP contribution in [0.2, 0.25) is 0 Å². The van der Waals surface area contributed by atoms with Crippen molar-refractivity contribution in [3.63, 3.8) is 0 Å². The van der Waals surface area contributed by atoms with Gasteiger partial charge in [0.1, 0.15) is 23.5 Å². The summed E-state index contributed by atoms with van der Waals surface area (Å²) in [6.07, 6.45) is 2.99. The molecule has 2 N–H and O–H groups in total. The van der Waals surface area contributed by atoms with Gasteiger partial charge >= 0.3 is 5.97 Å². The van der Waals surface area contributed by atoms with Crippen LogP contribution in [-0.2, 0) is 4.79 Å². The Bertz CT molecular complexity index is 469. The summed E-state index contributed by atoms with van der Waals surface area (Å²) < 4.78 is 3.94. The van der Waals surface area contributed by atoms with Crippen LogP contribution in [0.1, 0.15) is 0 Å². The molecule has 2 aromatic rings. The van der Waals surface area contributed by atoms with E-state index in [-0.39, 0.29) is 6.54 Å². The van der Waals surface area contributed by atoms with Gasteiger partial charge in [-0.1, -0.05) is 0 Å². The Kier molecular flexibility index (Phi) is 2.23. The molecule has 14 heavy (non-hydrogen) atoms. The molecule has 0 fully saturated rings. The first-order valence-corrected chi connectivity index (χ1v) is 4.56. The van der Waals surface area contributed by atoms with E-state index in [1.165, 1.54) is 17.9 Å². The highest BCUT2D eigenvalue weighted by atomic mass is 32.1. The Hall–Kier alpha value is -1.76. The number of rotatable bonds is 3. The third-order valence-electron chi connectivity index (χ3n) is 1.58. The summed E-state index contributed by atoms with van der Waals surface area (Å²) in [5.74, 6) is -0.425. The van der Waals surface area contributed by atoms with Crippen LogP contribution in [-0.4, -0.2) is 32.0 Å². The predicted molar refractivity (Wildman–Crippen MR) is 51.3 cm³/mol. The van der Waals surface area contributed by atoms with Gasteiger partial charge in [-0.2, -0.15) is 4.37 Å². The van der Waals surface area contributed by atoms with Crippen molar-refractivity contribution in [3.8, 4) is 0 Å². The first-order valence-electron chi connectivity index (χ1n) is 3.78. The van der Waals surface area contributed by atoms with Crippen molar-refractivity contribution in [3.05, 3.63) is 12.5 Å². The average Bonchev–Trinajstić information content (AvgIpc) is 2.62. The zero-order valence-electron chi connectivity index (χ0n) is 6.97. The summed E-state index contributed by atoms with van der Waals surface area (Å²) in [5.41, 5.74) is 0. The van der Waals surface area contributed by atoms with Gasteiger partial charge in [0.05, 0.1) is 11.6 Å². The van der Waals surface area contributed by atoms with E-state index in [0.717, 1.165) is 10.2 Å². The van der Waals surface area contributed by atoms with Gasteiger partial charge in [-0.3, -0.25) is 4.79 Å². The Morgan fingerprint density at radius 2 is 2.43 bits per heavy atom. The number of nitrogens with zero attached hydrogens (tertiary/aromatic N) is 3. The molecule has 0 radical (unpaired) electrons. The average molecular weight is 210 g/mol. The van der Waals surface area contributed by atoms with Crippen molar-refractivity contribution in [2.24, 2.45) is 0 Å². The SMILES string of the molecule is O=C(O)CNc1ncnc2sncc12. The maximum Gasteiger partial charge on any atom is 0.322 e. The smallest absolute Gasteiger partial charge is 0.322 e. The highest BCUT2D eigenvalue weighted by Crippen LogP contribution is 2.20.